The molecule has 2 aromatic heterocycles. The molecule has 1 amide bonds. The second-order valence-corrected chi connectivity index (χ2v) is 5.19. The van der Waals surface area contributed by atoms with E-state index in [1.54, 1.807) is 6.20 Å². The lowest BCUT2D eigenvalue weighted by Gasteiger charge is -2.09. The number of rotatable bonds is 4. The molecule has 2 aromatic rings. The number of hydrogen-bond acceptors (Lipinski definition) is 6. The maximum Gasteiger partial charge on any atom is 0.355 e. The Bertz CT molecular complexity index is 565. The number of thiazole rings is 2. The van der Waals surface area contributed by atoms with Crippen LogP contribution >= 0.6 is 22.7 Å². The minimum absolute atomic E-state index is 0.118. The van der Waals surface area contributed by atoms with Gasteiger partial charge in [-0.25, -0.2) is 14.8 Å². The number of nitrogens with one attached hydrogen (secondary N) is 1. The summed E-state index contributed by atoms with van der Waals surface area (Å²) in [6.45, 7) is 1.81. The van der Waals surface area contributed by atoms with Gasteiger partial charge < -0.3 is 10.4 Å². The van der Waals surface area contributed by atoms with E-state index < -0.39 is 11.9 Å². The summed E-state index contributed by atoms with van der Waals surface area (Å²) in [6.07, 6.45) is 1.66. The van der Waals surface area contributed by atoms with Crippen molar-refractivity contribution in [2.75, 3.05) is 0 Å². The van der Waals surface area contributed by atoms with Crippen molar-refractivity contribution in [1.29, 1.82) is 0 Å². The Balaban J connectivity index is 2.05. The number of carboxylic acids is 1. The van der Waals surface area contributed by atoms with E-state index in [0.29, 0.717) is 0 Å². The van der Waals surface area contributed by atoms with E-state index in [2.05, 4.69) is 15.3 Å². The van der Waals surface area contributed by atoms with Crippen LogP contribution in [0.5, 0.6) is 0 Å². The van der Waals surface area contributed by atoms with Crippen LogP contribution in [0.15, 0.2) is 17.0 Å². The third kappa shape index (κ3) is 2.71. The van der Waals surface area contributed by atoms with Crippen LogP contribution in [0.2, 0.25) is 0 Å². The Morgan fingerprint density at radius 3 is 2.78 bits per heavy atom. The summed E-state index contributed by atoms with van der Waals surface area (Å²) < 4.78 is 0. The molecular formula is C10H9N3O3S2. The lowest BCUT2D eigenvalue weighted by molar-refractivity contribution is 0.0691. The molecule has 2 rings (SSSR count). The van der Waals surface area contributed by atoms with Gasteiger partial charge in [-0.1, -0.05) is 0 Å². The molecule has 0 spiro atoms. The Labute approximate surface area is 110 Å². The number of carbonyl (C=O) groups excluding carboxylic acids is 1. The molecule has 0 aromatic carbocycles. The van der Waals surface area contributed by atoms with Gasteiger partial charge in [0.25, 0.3) is 5.91 Å². The monoisotopic (exact) mass is 283 g/mol. The smallest absolute Gasteiger partial charge is 0.355 e. The highest BCUT2D eigenvalue weighted by atomic mass is 32.1. The van der Waals surface area contributed by atoms with E-state index in [-0.39, 0.29) is 16.7 Å². The summed E-state index contributed by atoms with van der Waals surface area (Å²) in [6, 6.07) is -0.227. The van der Waals surface area contributed by atoms with Crippen LogP contribution in [-0.2, 0) is 0 Å². The molecule has 0 fully saturated rings. The lowest BCUT2D eigenvalue weighted by Crippen LogP contribution is -2.26. The Hall–Kier alpha value is -1.80. The first kappa shape index (κ1) is 12.7. The first-order chi connectivity index (χ1) is 8.58. The number of aromatic nitrogens is 2. The number of amides is 1. The molecule has 6 nitrogen and oxygen atoms in total. The molecular weight excluding hydrogens is 274 g/mol. The van der Waals surface area contributed by atoms with E-state index in [4.69, 9.17) is 5.11 Å². The van der Waals surface area contributed by atoms with Gasteiger partial charge in [-0.15, -0.1) is 22.7 Å². The van der Waals surface area contributed by atoms with Gasteiger partial charge in [0.15, 0.2) is 10.7 Å². The third-order valence-electron chi connectivity index (χ3n) is 2.09. The molecule has 0 bridgehead atoms. The van der Waals surface area contributed by atoms with Gasteiger partial charge in [0.1, 0.15) is 5.01 Å². The van der Waals surface area contributed by atoms with Crippen molar-refractivity contribution >= 4 is 34.6 Å². The van der Waals surface area contributed by atoms with Gasteiger partial charge in [0, 0.05) is 17.0 Å². The van der Waals surface area contributed by atoms with Crippen LogP contribution in [-0.4, -0.2) is 27.0 Å². The fourth-order valence-corrected chi connectivity index (χ4v) is 2.58. The average molecular weight is 283 g/mol. The number of carbonyl (C=O) groups is 2. The molecule has 18 heavy (non-hydrogen) atoms. The molecule has 2 N–H and O–H groups in total. The predicted molar refractivity (Wildman–Crippen MR) is 67.1 cm³/mol. The van der Waals surface area contributed by atoms with E-state index >= 15 is 0 Å². The number of hydrogen-bond donors (Lipinski definition) is 2. The summed E-state index contributed by atoms with van der Waals surface area (Å²) in [4.78, 5) is 30.3. The van der Waals surface area contributed by atoms with Crippen molar-refractivity contribution in [2.45, 2.75) is 13.0 Å². The fraction of sp³-hybridized carbons (Fsp3) is 0.200. The molecule has 0 aliphatic heterocycles. The van der Waals surface area contributed by atoms with Crippen molar-refractivity contribution in [3.8, 4) is 0 Å². The zero-order chi connectivity index (χ0) is 13.1. The van der Waals surface area contributed by atoms with Gasteiger partial charge in [-0.3, -0.25) is 4.79 Å². The number of nitrogens with zero attached hydrogens (tertiary/aromatic N) is 2. The van der Waals surface area contributed by atoms with Crippen LogP contribution < -0.4 is 5.32 Å². The van der Waals surface area contributed by atoms with Crippen LogP contribution in [0.3, 0.4) is 0 Å². The second-order valence-electron chi connectivity index (χ2n) is 3.41. The molecule has 0 saturated carbocycles. The van der Waals surface area contributed by atoms with Gasteiger partial charge in [0.05, 0.1) is 6.04 Å². The van der Waals surface area contributed by atoms with E-state index in [0.717, 1.165) is 16.3 Å². The Morgan fingerprint density at radius 1 is 1.44 bits per heavy atom. The zero-order valence-electron chi connectivity index (χ0n) is 9.28. The first-order valence-electron chi connectivity index (χ1n) is 4.97. The van der Waals surface area contributed by atoms with Gasteiger partial charge in [-0.05, 0) is 6.92 Å². The van der Waals surface area contributed by atoms with Crippen molar-refractivity contribution < 1.29 is 14.7 Å². The largest absolute Gasteiger partial charge is 0.476 e. The normalized spacial score (nSPS) is 12.1. The Kier molecular flexibility index (Phi) is 3.68. The minimum Gasteiger partial charge on any atom is -0.476 e. The second kappa shape index (κ2) is 5.23. The number of carboxylic acid groups (broad SMARTS) is 1. The standard InChI is InChI=1S/C10H9N3O3S2/c1-5(8-11-2-3-17-8)12-7(14)9-13-6(4-18-9)10(15)16/h2-5H,1H3,(H,12,14)(H,15,16). The minimum atomic E-state index is -1.14. The fourth-order valence-electron chi connectivity index (χ4n) is 1.24. The molecule has 1 atom stereocenters. The summed E-state index contributed by atoms with van der Waals surface area (Å²) in [5.41, 5.74) is -0.118. The number of aromatic carboxylic acids is 1. The molecule has 0 saturated heterocycles. The van der Waals surface area contributed by atoms with Gasteiger partial charge in [0.2, 0.25) is 0 Å². The first-order valence-corrected chi connectivity index (χ1v) is 6.73. The highest BCUT2D eigenvalue weighted by Crippen LogP contribution is 2.16. The van der Waals surface area contributed by atoms with Crippen molar-refractivity contribution in [3.05, 3.63) is 32.7 Å². The van der Waals surface area contributed by atoms with Crippen LogP contribution in [0, 0.1) is 0 Å². The highest BCUT2D eigenvalue weighted by molar-refractivity contribution is 7.12. The summed E-state index contributed by atoms with van der Waals surface area (Å²) >= 11 is 2.45. The molecule has 94 valence electrons. The van der Waals surface area contributed by atoms with Crippen molar-refractivity contribution in [1.82, 2.24) is 15.3 Å². The van der Waals surface area contributed by atoms with E-state index in [1.165, 1.54) is 16.7 Å². The maximum absolute atomic E-state index is 11.8. The van der Waals surface area contributed by atoms with Crippen LogP contribution in [0.4, 0.5) is 0 Å². The zero-order valence-corrected chi connectivity index (χ0v) is 10.9. The van der Waals surface area contributed by atoms with E-state index in [9.17, 15) is 9.59 Å². The molecule has 1 unspecified atom stereocenters. The topological polar surface area (TPSA) is 92.2 Å². The predicted octanol–water partition coefficient (Wildman–Crippen LogP) is 1.79. The molecule has 0 aliphatic rings. The summed E-state index contributed by atoms with van der Waals surface area (Å²) in [5, 5.41) is 15.5. The maximum atomic E-state index is 11.8. The quantitative estimate of drug-likeness (QED) is 0.892. The molecule has 0 aliphatic carbocycles. The van der Waals surface area contributed by atoms with Crippen LogP contribution in [0.1, 0.15) is 38.3 Å². The lowest BCUT2D eigenvalue weighted by atomic mass is 10.3. The van der Waals surface area contributed by atoms with Crippen LogP contribution in [0.25, 0.3) is 0 Å². The summed E-state index contributed by atoms with van der Waals surface area (Å²) in [7, 11) is 0. The molecule has 0 radical (unpaired) electrons. The third-order valence-corrected chi connectivity index (χ3v) is 3.89. The molecule has 8 heteroatoms. The SMILES string of the molecule is CC(NC(=O)c1nc(C(=O)O)cs1)c1nccs1. The van der Waals surface area contributed by atoms with Crippen molar-refractivity contribution in [3.63, 3.8) is 0 Å². The highest BCUT2D eigenvalue weighted by Gasteiger charge is 2.17. The summed E-state index contributed by atoms with van der Waals surface area (Å²) in [5.74, 6) is -1.53. The van der Waals surface area contributed by atoms with Gasteiger partial charge >= 0.3 is 5.97 Å². The Morgan fingerprint density at radius 2 is 2.22 bits per heavy atom. The molecule has 2 heterocycles. The van der Waals surface area contributed by atoms with E-state index in [1.807, 2.05) is 12.3 Å². The van der Waals surface area contributed by atoms with Crippen molar-refractivity contribution in [2.24, 2.45) is 0 Å². The average Bonchev–Trinajstić information content (AvgIpc) is 3.00. The van der Waals surface area contributed by atoms with Gasteiger partial charge in [-0.2, -0.15) is 0 Å².